The summed E-state index contributed by atoms with van der Waals surface area (Å²) < 4.78 is 17.9. The van der Waals surface area contributed by atoms with Crippen LogP contribution >= 0.6 is 28.5 Å². The van der Waals surface area contributed by atoms with Crippen LogP contribution in [0.3, 0.4) is 0 Å². The minimum Gasteiger partial charge on any atom is -0.507 e. The molecule has 1 atom stereocenters. The molecule has 0 aliphatic heterocycles. The number of benzene rings is 1. The number of hydrogen-bond acceptors (Lipinski definition) is 3. The molecular weight excluding hydrogens is 309 g/mol. The molecule has 0 spiro atoms. The molecule has 1 aromatic carbocycles. The summed E-state index contributed by atoms with van der Waals surface area (Å²) in [7, 11) is 0. The van der Waals surface area contributed by atoms with E-state index in [1.54, 1.807) is 0 Å². The van der Waals surface area contributed by atoms with E-state index < -0.39 is 11.6 Å². The van der Waals surface area contributed by atoms with E-state index in [0.717, 1.165) is 6.07 Å². The molecule has 0 amide bonds. The molecule has 70 valence electrons. The van der Waals surface area contributed by atoms with Crippen LogP contribution in [0.2, 0.25) is 0 Å². The van der Waals surface area contributed by atoms with Crippen molar-refractivity contribution in [3.8, 4) is 11.5 Å². The van der Waals surface area contributed by atoms with E-state index in [4.69, 9.17) is 9.63 Å². The van der Waals surface area contributed by atoms with Crippen molar-refractivity contribution in [1.29, 1.82) is 0 Å². The van der Waals surface area contributed by atoms with Gasteiger partial charge < -0.3 is 9.63 Å². The maximum absolute atomic E-state index is 13.0. The average molecular weight is 314 g/mol. The lowest BCUT2D eigenvalue weighted by Crippen LogP contribution is -1.89. The summed E-state index contributed by atoms with van der Waals surface area (Å²) in [5.74, 6) is -0.965. The van der Waals surface area contributed by atoms with Gasteiger partial charge in [0.05, 0.1) is 5.56 Å². The van der Waals surface area contributed by atoms with E-state index >= 15 is 0 Å². The molecule has 0 saturated carbocycles. The quantitative estimate of drug-likeness (QED) is 0.530. The number of aldehydes is 1. The van der Waals surface area contributed by atoms with Gasteiger partial charge in [0.25, 0.3) is 0 Å². The Labute approximate surface area is 88.6 Å². The van der Waals surface area contributed by atoms with Crippen molar-refractivity contribution < 1.29 is 18.8 Å². The number of phenols is 1. The molecule has 3 nitrogen and oxygen atoms in total. The number of halogens is 2. The zero-order chi connectivity index (χ0) is 9.84. The highest BCUT2D eigenvalue weighted by Crippen LogP contribution is 2.31. The van der Waals surface area contributed by atoms with E-state index in [2.05, 4.69) is 0 Å². The third-order valence-corrected chi connectivity index (χ3v) is 2.33. The predicted octanol–water partition coefficient (Wildman–Crippen LogP) is 2.67. The van der Waals surface area contributed by atoms with Gasteiger partial charge in [-0.3, -0.25) is 4.79 Å². The fourth-order valence-electron chi connectivity index (χ4n) is 0.799. The lowest BCUT2D eigenvalue weighted by molar-refractivity contribution is 0.111. The maximum atomic E-state index is 13.0. The second-order valence-electron chi connectivity index (χ2n) is 2.13. The second kappa shape index (κ2) is 4.72. The van der Waals surface area contributed by atoms with Crippen LogP contribution in [0.1, 0.15) is 10.4 Å². The van der Waals surface area contributed by atoms with Gasteiger partial charge in [-0.15, -0.1) is 0 Å². The fourth-order valence-corrected chi connectivity index (χ4v) is 1.77. The number of carbonyl (C=O) groups is 1. The Hall–Kier alpha value is -0.420. The molecule has 0 radical (unpaired) electrons. The van der Waals surface area contributed by atoms with Gasteiger partial charge in [0.15, 0.2) is 6.29 Å². The first-order chi connectivity index (χ1) is 6.19. The Morgan fingerprint density at radius 3 is 2.77 bits per heavy atom. The van der Waals surface area contributed by atoms with Gasteiger partial charge in [-0.25, -0.2) is 4.39 Å². The monoisotopic (exact) mass is 314 g/mol. The van der Waals surface area contributed by atoms with Gasteiger partial charge in [0.1, 0.15) is 23.8 Å². The number of hydrogen-bond donors (Lipinski definition) is 1. The van der Waals surface area contributed by atoms with Crippen molar-refractivity contribution in [3.63, 3.8) is 0 Å². The molecule has 0 aliphatic rings. The first kappa shape index (κ1) is 10.7. The minimum atomic E-state index is -0.778. The van der Waals surface area contributed by atoms with Crippen molar-refractivity contribution in [2.24, 2.45) is 0 Å². The lowest BCUT2D eigenvalue weighted by Gasteiger charge is -2.04. The van der Waals surface area contributed by atoms with E-state index in [0.29, 0.717) is 0 Å². The van der Waals surface area contributed by atoms with Crippen LogP contribution in [-0.2, 0) is 0 Å². The summed E-state index contributed by atoms with van der Waals surface area (Å²) in [6.07, 6.45) is 0.265. The largest absolute Gasteiger partial charge is 0.507 e. The summed E-state index contributed by atoms with van der Waals surface area (Å²) in [5.41, 5.74) is -0.343. The summed E-state index contributed by atoms with van der Waals surface area (Å²) in [5, 5.41) is 9.15. The topological polar surface area (TPSA) is 46.5 Å². The van der Waals surface area contributed by atoms with Gasteiger partial charge in [0, 0.05) is 12.1 Å². The Morgan fingerprint density at radius 1 is 1.62 bits per heavy atom. The first-order valence-electron chi connectivity index (χ1n) is 3.19. The van der Waals surface area contributed by atoms with E-state index in [1.165, 1.54) is 6.07 Å². The zero-order valence-corrected chi connectivity index (χ0v) is 9.41. The van der Waals surface area contributed by atoms with Crippen LogP contribution in [0, 0.1) is 5.82 Å². The normalized spacial score (nSPS) is 10.6. The standard InChI is InChI=1S/C7H5FIO3P/c8-6-1-4(12-13-9)2-7(11)5(6)3-10/h1-3,11,13H. The molecule has 1 unspecified atom stereocenters. The maximum Gasteiger partial charge on any atom is 0.156 e. The smallest absolute Gasteiger partial charge is 0.156 e. The minimum absolute atomic E-state index is 0.129. The molecule has 0 fully saturated rings. The summed E-state index contributed by atoms with van der Waals surface area (Å²) in [6.45, 7) is 0.129. The fraction of sp³-hybridized carbons (Fsp3) is 0. The van der Waals surface area contributed by atoms with Gasteiger partial charge in [-0.2, -0.15) is 0 Å². The summed E-state index contributed by atoms with van der Waals surface area (Å²) in [6, 6.07) is 2.27. The highest BCUT2D eigenvalue weighted by molar-refractivity contribution is 14.2. The molecule has 13 heavy (non-hydrogen) atoms. The van der Waals surface area contributed by atoms with Crippen molar-refractivity contribution >= 4 is 34.8 Å². The van der Waals surface area contributed by atoms with E-state index in [1.807, 2.05) is 22.0 Å². The van der Waals surface area contributed by atoms with Crippen LogP contribution in [0.4, 0.5) is 4.39 Å². The van der Waals surface area contributed by atoms with E-state index in [9.17, 15) is 9.18 Å². The van der Waals surface area contributed by atoms with Gasteiger partial charge in [0.2, 0.25) is 0 Å². The van der Waals surface area contributed by atoms with Crippen LogP contribution in [0.15, 0.2) is 12.1 Å². The molecular formula is C7H5FIO3P. The second-order valence-corrected chi connectivity index (χ2v) is 3.81. The molecule has 1 aromatic rings. The third-order valence-electron chi connectivity index (χ3n) is 1.36. The highest BCUT2D eigenvalue weighted by atomic mass is 127. The number of aromatic hydroxyl groups is 1. The van der Waals surface area contributed by atoms with E-state index in [-0.39, 0.29) is 24.0 Å². The predicted molar refractivity (Wildman–Crippen MR) is 56.4 cm³/mol. The van der Waals surface area contributed by atoms with Crippen molar-refractivity contribution in [2.75, 3.05) is 0 Å². The molecule has 0 heterocycles. The molecule has 0 bridgehead atoms. The van der Waals surface area contributed by atoms with Crippen LogP contribution in [0.25, 0.3) is 0 Å². The van der Waals surface area contributed by atoms with Crippen molar-refractivity contribution in [1.82, 2.24) is 0 Å². The Balaban J connectivity index is 3.12. The Kier molecular flexibility index (Phi) is 3.87. The molecule has 1 N–H and O–H groups in total. The third kappa shape index (κ3) is 2.51. The Bertz CT molecular complexity index is 309. The SMILES string of the molecule is O=Cc1c(O)cc(OPI)cc1F. The van der Waals surface area contributed by atoms with Crippen LogP contribution in [-0.4, -0.2) is 11.4 Å². The molecule has 0 aliphatic carbocycles. The number of rotatable bonds is 3. The average Bonchev–Trinajstić information content (AvgIpc) is 2.04. The van der Waals surface area contributed by atoms with Crippen LogP contribution < -0.4 is 4.52 Å². The molecule has 0 aromatic heterocycles. The highest BCUT2D eigenvalue weighted by Gasteiger charge is 2.09. The lowest BCUT2D eigenvalue weighted by atomic mass is 10.2. The first-order valence-corrected chi connectivity index (χ1v) is 7.21. The van der Waals surface area contributed by atoms with Gasteiger partial charge >= 0.3 is 0 Å². The number of phenolic OH excluding ortho intramolecular Hbond substituents is 1. The zero-order valence-electron chi connectivity index (χ0n) is 6.25. The summed E-state index contributed by atoms with van der Waals surface area (Å²) in [4.78, 5) is 10.3. The molecule has 6 heteroatoms. The van der Waals surface area contributed by atoms with Gasteiger partial charge in [-0.1, -0.05) is 0 Å². The van der Waals surface area contributed by atoms with Gasteiger partial charge in [-0.05, 0) is 22.0 Å². The molecule has 0 saturated heterocycles. The van der Waals surface area contributed by atoms with Crippen molar-refractivity contribution in [3.05, 3.63) is 23.5 Å². The van der Waals surface area contributed by atoms with Crippen LogP contribution in [0.5, 0.6) is 11.5 Å². The Morgan fingerprint density at radius 2 is 2.31 bits per heavy atom. The summed E-state index contributed by atoms with van der Waals surface area (Å²) >= 11 is 1.96. The van der Waals surface area contributed by atoms with Crippen molar-refractivity contribution in [2.45, 2.75) is 0 Å². The molecule has 1 rings (SSSR count). The number of carbonyl (C=O) groups excluding carboxylic acids is 1.